The van der Waals surface area contributed by atoms with Crippen molar-refractivity contribution in [3.8, 4) is 0 Å². The molecule has 0 aromatic heterocycles. The molecule has 0 atom stereocenters. The molecule has 0 unspecified atom stereocenters. The average Bonchev–Trinajstić information content (AvgIpc) is 2.83. The molecule has 1 saturated heterocycles. The summed E-state index contributed by atoms with van der Waals surface area (Å²) in [6.07, 6.45) is 3.48. The molecule has 0 saturated carbocycles. The highest BCUT2D eigenvalue weighted by atomic mass is 127. The molecule has 1 fully saturated rings. The second kappa shape index (κ2) is 5.59. The van der Waals surface area contributed by atoms with E-state index in [9.17, 15) is 4.79 Å². The van der Waals surface area contributed by atoms with Gasteiger partial charge in [-0.15, -0.1) is 0 Å². The minimum Gasteiger partial charge on any atom is -0.338 e. The number of rotatable bonds is 3. The van der Waals surface area contributed by atoms with E-state index in [1.165, 1.54) is 12.8 Å². The summed E-state index contributed by atoms with van der Waals surface area (Å²) in [4.78, 5) is 14.5. The van der Waals surface area contributed by atoms with Crippen LogP contribution < -0.4 is 0 Å². The van der Waals surface area contributed by atoms with Crippen LogP contribution in [0.1, 0.15) is 43.5 Å². The van der Waals surface area contributed by atoms with E-state index < -0.39 is 0 Å². The summed E-state index contributed by atoms with van der Waals surface area (Å²) in [5.41, 5.74) is 1.18. The Balaban J connectivity index is 2.12. The second-order valence-electron chi connectivity index (χ2n) is 5.19. The Labute approximate surface area is 123 Å². The number of carbonyl (C=O) groups excluding carboxylic acids is 1. The fourth-order valence-electron chi connectivity index (χ4n) is 2.74. The van der Waals surface area contributed by atoms with E-state index >= 15 is 0 Å². The molecular weight excluding hydrogens is 337 g/mol. The van der Waals surface area contributed by atoms with E-state index in [0.29, 0.717) is 5.41 Å². The first-order valence-corrected chi connectivity index (χ1v) is 7.73. The minimum atomic E-state index is 0.192. The SMILES string of the molecule is CCC1(CC)CCN(C(=O)c2cccc(I)c2)C1. The minimum absolute atomic E-state index is 0.192. The van der Waals surface area contributed by atoms with Crippen molar-refractivity contribution >= 4 is 28.5 Å². The summed E-state index contributed by atoms with van der Waals surface area (Å²) in [6.45, 7) is 6.31. The maximum absolute atomic E-state index is 12.4. The molecule has 1 aromatic carbocycles. The van der Waals surface area contributed by atoms with Crippen LogP contribution in [0.3, 0.4) is 0 Å². The van der Waals surface area contributed by atoms with Gasteiger partial charge in [-0.25, -0.2) is 0 Å². The van der Waals surface area contributed by atoms with Gasteiger partial charge < -0.3 is 4.90 Å². The molecule has 0 N–H and O–H groups in total. The highest BCUT2D eigenvalue weighted by Gasteiger charge is 2.37. The lowest BCUT2D eigenvalue weighted by molar-refractivity contribution is 0.0770. The molecular formula is C15H20INO. The van der Waals surface area contributed by atoms with Gasteiger partial charge in [-0.3, -0.25) is 4.79 Å². The van der Waals surface area contributed by atoms with Crippen molar-refractivity contribution in [2.75, 3.05) is 13.1 Å². The Morgan fingerprint density at radius 2 is 2.11 bits per heavy atom. The first kappa shape index (κ1) is 13.8. The Morgan fingerprint density at radius 1 is 1.39 bits per heavy atom. The van der Waals surface area contributed by atoms with Gasteiger partial charge in [0, 0.05) is 22.2 Å². The number of benzene rings is 1. The molecule has 1 amide bonds. The highest BCUT2D eigenvalue weighted by molar-refractivity contribution is 14.1. The maximum Gasteiger partial charge on any atom is 0.253 e. The van der Waals surface area contributed by atoms with E-state index in [-0.39, 0.29) is 5.91 Å². The van der Waals surface area contributed by atoms with E-state index in [1.807, 2.05) is 29.2 Å². The fraction of sp³-hybridized carbons (Fsp3) is 0.533. The third-order valence-corrected chi connectivity index (χ3v) is 4.97. The lowest BCUT2D eigenvalue weighted by atomic mass is 9.82. The number of nitrogens with zero attached hydrogens (tertiary/aromatic N) is 1. The molecule has 1 aliphatic heterocycles. The first-order valence-electron chi connectivity index (χ1n) is 6.65. The van der Waals surface area contributed by atoms with Crippen molar-refractivity contribution in [1.82, 2.24) is 4.90 Å². The molecule has 0 bridgehead atoms. The van der Waals surface area contributed by atoms with Crippen molar-refractivity contribution in [2.24, 2.45) is 5.41 Å². The third kappa shape index (κ3) is 2.71. The molecule has 2 nitrogen and oxygen atoms in total. The van der Waals surface area contributed by atoms with Gasteiger partial charge in [-0.2, -0.15) is 0 Å². The van der Waals surface area contributed by atoms with Gasteiger partial charge in [0.25, 0.3) is 5.91 Å². The summed E-state index contributed by atoms with van der Waals surface area (Å²) in [5, 5.41) is 0. The van der Waals surface area contributed by atoms with Crippen LogP contribution in [0.2, 0.25) is 0 Å². The Morgan fingerprint density at radius 3 is 2.67 bits per heavy atom. The zero-order chi connectivity index (χ0) is 13.2. The number of amides is 1. The summed E-state index contributed by atoms with van der Waals surface area (Å²) in [5.74, 6) is 0.192. The van der Waals surface area contributed by atoms with Gasteiger partial charge in [0.15, 0.2) is 0 Å². The van der Waals surface area contributed by atoms with Crippen molar-refractivity contribution in [3.63, 3.8) is 0 Å². The van der Waals surface area contributed by atoms with E-state index in [4.69, 9.17) is 0 Å². The Hall–Kier alpha value is -0.580. The van der Waals surface area contributed by atoms with Crippen LogP contribution in [0.25, 0.3) is 0 Å². The quantitative estimate of drug-likeness (QED) is 0.751. The highest BCUT2D eigenvalue weighted by Crippen LogP contribution is 2.37. The lowest BCUT2D eigenvalue weighted by Gasteiger charge is -2.26. The number of halogens is 1. The van der Waals surface area contributed by atoms with Crippen LogP contribution in [0, 0.1) is 8.99 Å². The first-order chi connectivity index (χ1) is 8.60. The molecule has 1 aromatic rings. The summed E-state index contributed by atoms with van der Waals surface area (Å²) in [6, 6.07) is 7.87. The molecule has 18 heavy (non-hydrogen) atoms. The monoisotopic (exact) mass is 357 g/mol. The van der Waals surface area contributed by atoms with Crippen molar-refractivity contribution < 1.29 is 4.79 Å². The third-order valence-electron chi connectivity index (χ3n) is 4.30. The zero-order valence-electron chi connectivity index (χ0n) is 11.1. The van der Waals surface area contributed by atoms with Gasteiger partial charge in [0.2, 0.25) is 0 Å². The van der Waals surface area contributed by atoms with Crippen LogP contribution >= 0.6 is 22.6 Å². The van der Waals surface area contributed by atoms with Gasteiger partial charge in [-0.1, -0.05) is 19.9 Å². The average molecular weight is 357 g/mol. The molecule has 2 rings (SSSR count). The number of hydrogen-bond acceptors (Lipinski definition) is 1. The van der Waals surface area contributed by atoms with Gasteiger partial charge in [-0.05, 0) is 65.5 Å². The molecule has 0 radical (unpaired) electrons. The lowest BCUT2D eigenvalue weighted by Crippen LogP contribution is -2.31. The van der Waals surface area contributed by atoms with E-state index in [1.54, 1.807) is 0 Å². The zero-order valence-corrected chi connectivity index (χ0v) is 13.2. The van der Waals surface area contributed by atoms with E-state index in [0.717, 1.165) is 28.6 Å². The normalized spacial score (nSPS) is 18.1. The largest absolute Gasteiger partial charge is 0.338 e. The standard InChI is InChI=1S/C15H20INO/c1-3-15(4-2)8-9-17(11-15)14(18)12-6-5-7-13(16)10-12/h5-7,10H,3-4,8-9,11H2,1-2H3. The smallest absolute Gasteiger partial charge is 0.253 e. The fourth-order valence-corrected chi connectivity index (χ4v) is 3.28. The van der Waals surface area contributed by atoms with Gasteiger partial charge in [0.1, 0.15) is 0 Å². The number of likely N-dealkylation sites (tertiary alicyclic amines) is 1. The second-order valence-corrected chi connectivity index (χ2v) is 6.44. The summed E-state index contributed by atoms with van der Waals surface area (Å²) in [7, 11) is 0. The van der Waals surface area contributed by atoms with Crippen molar-refractivity contribution in [2.45, 2.75) is 33.1 Å². The van der Waals surface area contributed by atoms with Crippen LogP contribution in [-0.2, 0) is 0 Å². The predicted octanol–water partition coefficient (Wildman–Crippen LogP) is 3.94. The molecule has 3 heteroatoms. The van der Waals surface area contributed by atoms with Gasteiger partial charge in [0.05, 0.1) is 0 Å². The van der Waals surface area contributed by atoms with Crippen molar-refractivity contribution in [3.05, 3.63) is 33.4 Å². The number of carbonyl (C=O) groups is 1. The molecule has 0 aliphatic carbocycles. The summed E-state index contributed by atoms with van der Waals surface area (Å²) >= 11 is 2.25. The van der Waals surface area contributed by atoms with Crippen LogP contribution in [-0.4, -0.2) is 23.9 Å². The van der Waals surface area contributed by atoms with Crippen LogP contribution in [0.5, 0.6) is 0 Å². The molecule has 98 valence electrons. The Kier molecular flexibility index (Phi) is 4.30. The van der Waals surface area contributed by atoms with Crippen molar-refractivity contribution in [1.29, 1.82) is 0 Å². The van der Waals surface area contributed by atoms with Crippen LogP contribution in [0.4, 0.5) is 0 Å². The molecule has 1 aliphatic rings. The van der Waals surface area contributed by atoms with Crippen LogP contribution in [0.15, 0.2) is 24.3 Å². The Bertz CT molecular complexity index is 440. The van der Waals surface area contributed by atoms with E-state index in [2.05, 4.69) is 36.4 Å². The topological polar surface area (TPSA) is 20.3 Å². The summed E-state index contributed by atoms with van der Waals surface area (Å²) < 4.78 is 1.12. The van der Waals surface area contributed by atoms with Gasteiger partial charge >= 0.3 is 0 Å². The predicted molar refractivity (Wildman–Crippen MR) is 82.7 cm³/mol. The number of hydrogen-bond donors (Lipinski definition) is 0. The molecule has 1 heterocycles. The maximum atomic E-state index is 12.4. The molecule has 0 spiro atoms.